The zero-order chi connectivity index (χ0) is 49.2. The highest BCUT2D eigenvalue weighted by Crippen LogP contribution is 2.50. The molecule has 0 radical (unpaired) electrons. The van der Waals surface area contributed by atoms with Crippen LogP contribution in [0.4, 0.5) is 0 Å². The monoisotopic (exact) mass is 914 g/mol. The fourth-order valence-corrected chi connectivity index (χ4v) is 11.9. The standard InChI is InChI=1S/C67H67N3/c1-63(2,3)40-19-29-57-51(33-40)52-34-41(64(4,5)6)20-30-58(52)68(57)45-24-27-49-50-28-25-46(69-59-31-21-42(65(7,8)9)35-53(59)54-36-43(66(10,11)12)22-32-60(54)69)39-62(50)70(61(49)38-45)44-23-26-48-47-17-15-16-18-55(47)67(13,14)56(48)37-44/h15-39H,1-14H3. The Kier molecular flexibility index (Phi) is 9.26. The highest BCUT2D eigenvalue weighted by molar-refractivity contribution is 6.14. The molecule has 0 atom stereocenters. The van der Waals surface area contributed by atoms with Gasteiger partial charge in [-0.05, 0) is 151 Å². The number of rotatable bonds is 3. The predicted molar refractivity (Wildman–Crippen MR) is 302 cm³/mol. The SMILES string of the molecule is CC(C)(C)c1ccc2c(c1)c1cc(C(C)(C)C)ccc1n2-c1ccc2c3ccc(-n4c5ccc(C(C)(C)C)cc5c5cc(C(C)(C)C)ccc54)cc3n(-c3ccc4c(c3)C(C)(C)c3ccccc3-4)c2c1. The summed E-state index contributed by atoms with van der Waals surface area (Å²) in [6.45, 7) is 32.6. The topological polar surface area (TPSA) is 14.8 Å². The van der Waals surface area contributed by atoms with Crippen LogP contribution in [-0.2, 0) is 27.1 Å². The van der Waals surface area contributed by atoms with Gasteiger partial charge in [-0.2, -0.15) is 0 Å². The molecule has 0 saturated heterocycles. The fourth-order valence-electron chi connectivity index (χ4n) is 11.9. The quantitative estimate of drug-likeness (QED) is 0.168. The Bertz CT molecular complexity index is 3650. The largest absolute Gasteiger partial charge is 0.309 e. The number of aromatic nitrogens is 3. The summed E-state index contributed by atoms with van der Waals surface area (Å²) in [5.41, 5.74) is 21.6. The number of benzene rings is 8. The molecule has 1 aliphatic rings. The van der Waals surface area contributed by atoms with E-state index in [0.29, 0.717) is 0 Å². The van der Waals surface area contributed by atoms with Crippen molar-refractivity contribution in [3.8, 4) is 28.2 Å². The Morgan fingerprint density at radius 1 is 0.286 bits per heavy atom. The average Bonchev–Trinajstić information content (AvgIpc) is 3.99. The molecule has 3 nitrogen and oxygen atoms in total. The van der Waals surface area contributed by atoms with E-state index in [-0.39, 0.29) is 27.1 Å². The van der Waals surface area contributed by atoms with Gasteiger partial charge in [0.2, 0.25) is 0 Å². The molecule has 0 bridgehead atoms. The second-order valence-corrected chi connectivity index (χ2v) is 25.2. The first-order valence-corrected chi connectivity index (χ1v) is 25.5. The zero-order valence-electron chi connectivity index (χ0n) is 43.8. The summed E-state index contributed by atoms with van der Waals surface area (Å²) in [5, 5.41) is 7.69. The lowest BCUT2D eigenvalue weighted by molar-refractivity contribution is 0.590. The maximum Gasteiger partial charge on any atom is 0.0561 e. The molecular weight excluding hydrogens is 847 g/mol. The molecule has 0 saturated carbocycles. The van der Waals surface area contributed by atoms with E-state index in [1.165, 1.54) is 116 Å². The van der Waals surface area contributed by atoms with Gasteiger partial charge in [-0.15, -0.1) is 0 Å². The van der Waals surface area contributed by atoms with E-state index in [9.17, 15) is 0 Å². The van der Waals surface area contributed by atoms with Crippen LogP contribution in [0, 0.1) is 0 Å². The number of hydrogen-bond donors (Lipinski definition) is 0. The van der Waals surface area contributed by atoms with Crippen molar-refractivity contribution >= 4 is 65.4 Å². The molecule has 3 heteroatoms. The molecular formula is C67H67N3. The zero-order valence-corrected chi connectivity index (χ0v) is 43.8. The van der Waals surface area contributed by atoms with E-state index in [2.05, 4.69) is 262 Å². The first-order valence-electron chi connectivity index (χ1n) is 25.5. The van der Waals surface area contributed by atoms with E-state index in [0.717, 1.165) is 11.4 Å². The molecule has 11 aromatic rings. The van der Waals surface area contributed by atoms with E-state index in [1.54, 1.807) is 0 Å². The van der Waals surface area contributed by atoms with Crippen molar-refractivity contribution in [1.29, 1.82) is 0 Å². The minimum atomic E-state index is -0.140. The van der Waals surface area contributed by atoms with E-state index in [4.69, 9.17) is 0 Å². The molecule has 0 spiro atoms. The summed E-state index contributed by atoms with van der Waals surface area (Å²) >= 11 is 0. The second-order valence-electron chi connectivity index (χ2n) is 25.2. The third-order valence-corrected chi connectivity index (χ3v) is 16.1. The van der Waals surface area contributed by atoms with Crippen LogP contribution in [0.5, 0.6) is 0 Å². The van der Waals surface area contributed by atoms with Gasteiger partial charge in [0.15, 0.2) is 0 Å². The minimum absolute atomic E-state index is 0.0265. The minimum Gasteiger partial charge on any atom is -0.309 e. The van der Waals surface area contributed by atoms with E-state index < -0.39 is 0 Å². The van der Waals surface area contributed by atoms with Gasteiger partial charge in [-0.3, -0.25) is 0 Å². The summed E-state index contributed by atoms with van der Waals surface area (Å²) in [4.78, 5) is 0. The molecule has 70 heavy (non-hydrogen) atoms. The van der Waals surface area contributed by atoms with Crippen LogP contribution in [0.15, 0.2) is 152 Å². The van der Waals surface area contributed by atoms with Crippen LogP contribution < -0.4 is 0 Å². The van der Waals surface area contributed by atoms with Crippen LogP contribution in [-0.4, -0.2) is 13.7 Å². The van der Waals surface area contributed by atoms with Crippen LogP contribution in [0.1, 0.15) is 130 Å². The van der Waals surface area contributed by atoms with Crippen LogP contribution in [0.2, 0.25) is 0 Å². The molecule has 0 unspecified atom stereocenters. The van der Waals surface area contributed by atoms with Gasteiger partial charge in [-0.25, -0.2) is 0 Å². The van der Waals surface area contributed by atoms with Crippen molar-refractivity contribution in [2.75, 3.05) is 0 Å². The fraction of sp³-hybridized carbons (Fsp3) is 0.284. The summed E-state index contributed by atoms with van der Waals surface area (Å²) in [6, 6.07) is 59.2. The molecule has 3 aromatic heterocycles. The van der Waals surface area contributed by atoms with Gasteiger partial charge in [-0.1, -0.05) is 164 Å². The third-order valence-electron chi connectivity index (χ3n) is 16.1. The normalized spacial score (nSPS) is 14.3. The van der Waals surface area contributed by atoms with Gasteiger partial charge in [0.25, 0.3) is 0 Å². The molecule has 1 aliphatic carbocycles. The summed E-state index contributed by atoms with van der Waals surface area (Å²) < 4.78 is 7.58. The Morgan fingerprint density at radius 3 is 1.00 bits per heavy atom. The molecule has 0 aliphatic heterocycles. The predicted octanol–water partition coefficient (Wildman–Crippen LogP) is 18.5. The summed E-state index contributed by atoms with van der Waals surface area (Å²) in [7, 11) is 0. The van der Waals surface area contributed by atoms with E-state index >= 15 is 0 Å². The molecule has 0 fully saturated rings. The maximum atomic E-state index is 2.56. The van der Waals surface area contributed by atoms with E-state index in [1.807, 2.05) is 0 Å². The van der Waals surface area contributed by atoms with Gasteiger partial charge in [0.05, 0.1) is 33.1 Å². The second kappa shape index (κ2) is 14.6. The Hall–Kier alpha value is -6.84. The maximum absolute atomic E-state index is 2.56. The Labute approximate surface area is 414 Å². The lowest BCUT2D eigenvalue weighted by Gasteiger charge is -2.22. The third kappa shape index (κ3) is 6.60. The summed E-state index contributed by atoms with van der Waals surface area (Å²) in [6.07, 6.45) is 0. The smallest absolute Gasteiger partial charge is 0.0561 e. The van der Waals surface area contributed by atoms with Crippen molar-refractivity contribution in [2.45, 2.75) is 124 Å². The van der Waals surface area contributed by atoms with Crippen LogP contribution >= 0.6 is 0 Å². The molecule has 8 aromatic carbocycles. The number of nitrogens with zero attached hydrogens (tertiary/aromatic N) is 3. The highest BCUT2D eigenvalue weighted by atomic mass is 15.0. The molecule has 0 amide bonds. The lowest BCUT2D eigenvalue weighted by Crippen LogP contribution is -2.15. The Morgan fingerprint density at radius 2 is 0.614 bits per heavy atom. The molecule has 12 rings (SSSR count). The van der Waals surface area contributed by atoms with Crippen molar-refractivity contribution in [3.63, 3.8) is 0 Å². The van der Waals surface area contributed by atoms with Crippen LogP contribution in [0.3, 0.4) is 0 Å². The highest BCUT2D eigenvalue weighted by Gasteiger charge is 2.36. The van der Waals surface area contributed by atoms with Gasteiger partial charge < -0.3 is 13.7 Å². The van der Waals surface area contributed by atoms with Gasteiger partial charge in [0.1, 0.15) is 0 Å². The van der Waals surface area contributed by atoms with Gasteiger partial charge in [0, 0.05) is 54.8 Å². The number of hydrogen-bond acceptors (Lipinski definition) is 0. The molecule has 3 heterocycles. The lowest BCUT2D eigenvalue weighted by atomic mass is 9.82. The van der Waals surface area contributed by atoms with Crippen molar-refractivity contribution < 1.29 is 0 Å². The van der Waals surface area contributed by atoms with Crippen molar-refractivity contribution in [2.24, 2.45) is 0 Å². The van der Waals surface area contributed by atoms with Crippen molar-refractivity contribution in [1.82, 2.24) is 13.7 Å². The Balaban J connectivity index is 1.15. The first kappa shape index (κ1) is 44.4. The van der Waals surface area contributed by atoms with Crippen molar-refractivity contribution in [3.05, 3.63) is 185 Å². The first-order chi connectivity index (χ1) is 33.0. The van der Waals surface area contributed by atoms with Gasteiger partial charge >= 0.3 is 0 Å². The average molecular weight is 914 g/mol. The van der Waals surface area contributed by atoms with Crippen LogP contribution in [0.25, 0.3) is 93.6 Å². The summed E-state index contributed by atoms with van der Waals surface area (Å²) in [5.74, 6) is 0. The molecule has 350 valence electrons. The molecule has 0 N–H and O–H groups in total. The number of fused-ring (bicyclic) bond motifs is 12.